The van der Waals surface area contributed by atoms with E-state index in [1.807, 2.05) is 28.8 Å². The van der Waals surface area contributed by atoms with Crippen LogP contribution in [0.3, 0.4) is 0 Å². The summed E-state index contributed by atoms with van der Waals surface area (Å²) in [7, 11) is 0. The van der Waals surface area contributed by atoms with Crippen LogP contribution in [0.25, 0.3) is 11.4 Å². The van der Waals surface area contributed by atoms with E-state index in [9.17, 15) is 4.79 Å². The number of amides is 1. The van der Waals surface area contributed by atoms with E-state index in [-0.39, 0.29) is 11.7 Å². The molecule has 0 aliphatic carbocycles. The maximum absolute atomic E-state index is 12.3. The Labute approximate surface area is 170 Å². The molecule has 0 fully saturated rings. The van der Waals surface area contributed by atoms with Crippen molar-refractivity contribution in [3.05, 3.63) is 59.7 Å². The fourth-order valence-electron chi connectivity index (χ4n) is 2.88. The van der Waals surface area contributed by atoms with Crippen molar-refractivity contribution >= 4 is 23.4 Å². The monoisotopic (exact) mass is 394 g/mol. The molecule has 28 heavy (non-hydrogen) atoms. The Bertz CT molecular complexity index is 930. The topological polar surface area (TPSA) is 59.8 Å². The van der Waals surface area contributed by atoms with E-state index in [1.165, 1.54) is 22.9 Å². The number of benzene rings is 2. The lowest BCUT2D eigenvalue weighted by Gasteiger charge is -2.09. The second-order valence-corrected chi connectivity index (χ2v) is 7.97. The summed E-state index contributed by atoms with van der Waals surface area (Å²) in [5.74, 6) is 1.54. The predicted molar refractivity (Wildman–Crippen MR) is 116 cm³/mol. The summed E-state index contributed by atoms with van der Waals surface area (Å²) in [4.78, 5) is 12.3. The van der Waals surface area contributed by atoms with Crippen molar-refractivity contribution in [2.45, 2.75) is 45.3 Å². The first-order valence-corrected chi connectivity index (χ1v) is 10.5. The summed E-state index contributed by atoms with van der Waals surface area (Å²) in [5, 5.41) is 12.3. The number of aryl methyl sites for hydroxylation is 1. The quantitative estimate of drug-likeness (QED) is 0.565. The van der Waals surface area contributed by atoms with Gasteiger partial charge in [-0.25, -0.2) is 0 Å². The van der Waals surface area contributed by atoms with Gasteiger partial charge in [-0.05, 0) is 37.5 Å². The van der Waals surface area contributed by atoms with E-state index in [4.69, 9.17) is 0 Å². The predicted octanol–water partition coefficient (Wildman–Crippen LogP) is 5.13. The normalized spacial score (nSPS) is 11.0. The third-order valence-electron chi connectivity index (χ3n) is 4.54. The van der Waals surface area contributed by atoms with E-state index in [0.29, 0.717) is 5.92 Å². The molecule has 0 aliphatic heterocycles. The molecule has 1 N–H and O–H groups in total. The van der Waals surface area contributed by atoms with E-state index in [1.54, 1.807) is 0 Å². The molecule has 5 nitrogen and oxygen atoms in total. The highest BCUT2D eigenvalue weighted by Crippen LogP contribution is 2.24. The summed E-state index contributed by atoms with van der Waals surface area (Å²) >= 11 is 1.40. The molecule has 6 heteroatoms. The Kier molecular flexibility index (Phi) is 6.52. The molecular formula is C22H26N4OS. The highest BCUT2D eigenvalue weighted by molar-refractivity contribution is 7.99. The Balaban J connectivity index is 1.64. The summed E-state index contributed by atoms with van der Waals surface area (Å²) in [6.07, 6.45) is 0. The number of hydrogen-bond acceptors (Lipinski definition) is 4. The fourth-order valence-corrected chi connectivity index (χ4v) is 3.68. The Morgan fingerprint density at radius 1 is 1.07 bits per heavy atom. The van der Waals surface area contributed by atoms with Crippen LogP contribution in [0.15, 0.2) is 53.7 Å². The van der Waals surface area contributed by atoms with Crippen molar-refractivity contribution in [3.8, 4) is 11.4 Å². The number of nitrogens with one attached hydrogen (secondary N) is 1. The SMILES string of the molecule is CCn1c(SCC(=O)Nc2ccc(C(C)C)cc2)nnc1-c1ccc(C)cc1. The Hall–Kier alpha value is -2.60. The van der Waals surface area contributed by atoms with Crippen LogP contribution in [0, 0.1) is 6.92 Å². The number of aromatic nitrogens is 3. The van der Waals surface area contributed by atoms with Crippen LogP contribution in [-0.4, -0.2) is 26.4 Å². The molecule has 0 aliphatic rings. The number of rotatable bonds is 7. The van der Waals surface area contributed by atoms with Crippen LogP contribution >= 0.6 is 11.8 Å². The van der Waals surface area contributed by atoms with Gasteiger partial charge in [-0.3, -0.25) is 4.79 Å². The van der Waals surface area contributed by atoms with Crippen LogP contribution in [0.5, 0.6) is 0 Å². The van der Waals surface area contributed by atoms with E-state index in [2.05, 4.69) is 67.5 Å². The molecule has 3 aromatic rings. The minimum Gasteiger partial charge on any atom is -0.325 e. The molecule has 0 atom stereocenters. The second-order valence-electron chi connectivity index (χ2n) is 7.03. The van der Waals surface area contributed by atoms with E-state index in [0.717, 1.165) is 28.8 Å². The van der Waals surface area contributed by atoms with Gasteiger partial charge in [0.15, 0.2) is 11.0 Å². The molecule has 0 saturated carbocycles. The first-order valence-electron chi connectivity index (χ1n) is 9.50. The molecule has 0 saturated heterocycles. The Morgan fingerprint density at radius 2 is 1.75 bits per heavy atom. The smallest absolute Gasteiger partial charge is 0.234 e. The first kappa shape index (κ1) is 20.1. The van der Waals surface area contributed by atoms with Gasteiger partial charge in [0.05, 0.1) is 5.75 Å². The minimum atomic E-state index is -0.0511. The van der Waals surface area contributed by atoms with Crippen LogP contribution < -0.4 is 5.32 Å². The maximum atomic E-state index is 12.3. The fraction of sp³-hybridized carbons (Fsp3) is 0.318. The van der Waals surface area contributed by atoms with Gasteiger partial charge < -0.3 is 9.88 Å². The molecule has 146 valence electrons. The van der Waals surface area contributed by atoms with Crippen LogP contribution in [0.1, 0.15) is 37.8 Å². The molecule has 1 amide bonds. The molecule has 0 unspecified atom stereocenters. The lowest BCUT2D eigenvalue weighted by molar-refractivity contribution is -0.113. The van der Waals surface area contributed by atoms with Crippen molar-refractivity contribution < 1.29 is 4.79 Å². The lowest BCUT2D eigenvalue weighted by atomic mass is 10.0. The standard InChI is InChI=1S/C22H26N4OS/c1-5-26-21(18-8-6-16(4)7-9-18)24-25-22(26)28-14-20(27)23-19-12-10-17(11-13-19)15(2)3/h6-13,15H,5,14H2,1-4H3,(H,23,27). The zero-order valence-electron chi connectivity index (χ0n) is 16.8. The number of hydrogen-bond donors (Lipinski definition) is 1. The van der Waals surface area contributed by atoms with Crippen LogP contribution in [0.2, 0.25) is 0 Å². The number of carbonyl (C=O) groups is 1. The van der Waals surface area contributed by atoms with Crippen molar-refractivity contribution in [2.75, 3.05) is 11.1 Å². The molecule has 0 bridgehead atoms. The molecule has 0 spiro atoms. The lowest BCUT2D eigenvalue weighted by Crippen LogP contribution is -2.14. The van der Waals surface area contributed by atoms with Crippen LogP contribution in [0.4, 0.5) is 5.69 Å². The molecular weight excluding hydrogens is 368 g/mol. The van der Waals surface area contributed by atoms with Gasteiger partial charge in [-0.1, -0.05) is 67.6 Å². The summed E-state index contributed by atoms with van der Waals surface area (Å²) in [6, 6.07) is 16.2. The van der Waals surface area contributed by atoms with Crippen LogP contribution in [-0.2, 0) is 11.3 Å². The van der Waals surface area contributed by atoms with E-state index < -0.39 is 0 Å². The average molecular weight is 395 g/mol. The van der Waals surface area contributed by atoms with Crippen molar-refractivity contribution in [3.63, 3.8) is 0 Å². The Morgan fingerprint density at radius 3 is 2.36 bits per heavy atom. The molecule has 2 aromatic carbocycles. The van der Waals surface area contributed by atoms with Gasteiger partial charge in [0, 0.05) is 17.8 Å². The van der Waals surface area contributed by atoms with Crippen molar-refractivity contribution in [1.82, 2.24) is 14.8 Å². The molecule has 1 heterocycles. The largest absolute Gasteiger partial charge is 0.325 e. The molecule has 3 rings (SSSR count). The number of nitrogens with zero attached hydrogens (tertiary/aromatic N) is 3. The van der Waals surface area contributed by atoms with Gasteiger partial charge in [0.1, 0.15) is 0 Å². The maximum Gasteiger partial charge on any atom is 0.234 e. The van der Waals surface area contributed by atoms with E-state index >= 15 is 0 Å². The number of carbonyl (C=O) groups excluding carboxylic acids is 1. The van der Waals surface area contributed by atoms with Crippen molar-refractivity contribution in [1.29, 1.82) is 0 Å². The molecule has 1 aromatic heterocycles. The highest BCUT2D eigenvalue weighted by atomic mass is 32.2. The summed E-state index contributed by atoms with van der Waals surface area (Å²) in [6.45, 7) is 9.17. The van der Waals surface area contributed by atoms with Gasteiger partial charge in [0.2, 0.25) is 5.91 Å². The zero-order valence-corrected chi connectivity index (χ0v) is 17.6. The first-order chi connectivity index (χ1) is 13.5. The third kappa shape index (κ3) is 4.81. The summed E-state index contributed by atoms with van der Waals surface area (Å²) < 4.78 is 2.04. The van der Waals surface area contributed by atoms with Gasteiger partial charge in [-0.2, -0.15) is 0 Å². The third-order valence-corrected chi connectivity index (χ3v) is 5.50. The average Bonchev–Trinajstić information content (AvgIpc) is 3.10. The summed E-state index contributed by atoms with van der Waals surface area (Å²) in [5.41, 5.74) is 4.31. The highest BCUT2D eigenvalue weighted by Gasteiger charge is 2.14. The number of anilines is 1. The van der Waals surface area contributed by atoms with Gasteiger partial charge in [-0.15, -0.1) is 10.2 Å². The second kappa shape index (κ2) is 9.06. The minimum absolute atomic E-state index is 0.0511. The number of thioether (sulfide) groups is 1. The zero-order chi connectivity index (χ0) is 20.1. The van der Waals surface area contributed by atoms with Crippen molar-refractivity contribution in [2.24, 2.45) is 0 Å². The molecule has 0 radical (unpaired) electrons. The van der Waals surface area contributed by atoms with Gasteiger partial charge in [0.25, 0.3) is 0 Å². The van der Waals surface area contributed by atoms with Gasteiger partial charge >= 0.3 is 0 Å².